The second-order valence-electron chi connectivity index (χ2n) is 10.3. The molecule has 1 N–H and O–H groups in total. The summed E-state index contributed by atoms with van der Waals surface area (Å²) in [6.45, 7) is 6.64. The third-order valence-corrected chi connectivity index (χ3v) is 7.65. The van der Waals surface area contributed by atoms with Crippen LogP contribution in [0.3, 0.4) is 0 Å². The van der Waals surface area contributed by atoms with Crippen molar-refractivity contribution >= 4 is 22.1 Å². The summed E-state index contributed by atoms with van der Waals surface area (Å²) in [7, 11) is 0. The van der Waals surface area contributed by atoms with E-state index in [0.29, 0.717) is 12.2 Å². The first-order valence-electron chi connectivity index (χ1n) is 13.8. The van der Waals surface area contributed by atoms with Gasteiger partial charge in [0.2, 0.25) is 0 Å². The third kappa shape index (κ3) is 5.86. The van der Waals surface area contributed by atoms with Crippen LogP contribution in [-0.4, -0.2) is 47.6 Å². The first kappa shape index (κ1) is 26.2. The molecule has 5 nitrogen and oxygen atoms in total. The number of benzene rings is 2. The average Bonchev–Trinajstić information content (AvgIpc) is 3.54. The van der Waals surface area contributed by atoms with Gasteiger partial charge in [0, 0.05) is 31.4 Å². The number of alkyl halides is 1. The fourth-order valence-corrected chi connectivity index (χ4v) is 5.71. The van der Waals surface area contributed by atoms with Crippen molar-refractivity contribution in [2.24, 2.45) is 0 Å². The number of likely N-dealkylation sites (tertiary alicyclic amines) is 1. The molecule has 1 aliphatic carbocycles. The molecule has 0 amide bonds. The van der Waals surface area contributed by atoms with Gasteiger partial charge in [0.25, 0.3) is 0 Å². The van der Waals surface area contributed by atoms with Crippen molar-refractivity contribution in [2.75, 3.05) is 26.3 Å². The Morgan fingerprint density at radius 1 is 1.21 bits per heavy atom. The third-order valence-electron chi connectivity index (χ3n) is 7.65. The predicted octanol–water partition coefficient (Wildman–Crippen LogP) is 7.47. The molecule has 0 spiro atoms. The quantitative estimate of drug-likeness (QED) is 0.236. The van der Waals surface area contributed by atoms with Crippen molar-refractivity contribution in [1.29, 1.82) is 0 Å². The monoisotopic (exact) mass is 516 g/mol. The number of fused-ring (bicyclic) bond motifs is 2. The molecule has 0 bridgehead atoms. The lowest BCUT2D eigenvalue weighted by atomic mass is 9.87. The molecule has 0 radical (unpaired) electrons. The minimum Gasteiger partial charge on any atom is -0.508 e. The number of aromatic nitrogens is 1. The van der Waals surface area contributed by atoms with Crippen molar-refractivity contribution in [3.63, 3.8) is 0 Å². The van der Waals surface area contributed by atoms with Crippen LogP contribution in [0.15, 0.2) is 70.6 Å². The normalized spacial score (nSPS) is 19.2. The Morgan fingerprint density at radius 2 is 2.11 bits per heavy atom. The van der Waals surface area contributed by atoms with Crippen LogP contribution in [0.4, 0.5) is 4.39 Å². The highest BCUT2D eigenvalue weighted by Gasteiger charge is 2.24. The zero-order valence-electron chi connectivity index (χ0n) is 22.4. The van der Waals surface area contributed by atoms with Crippen LogP contribution < -0.4 is 0 Å². The summed E-state index contributed by atoms with van der Waals surface area (Å²) in [6, 6.07) is 12.0. The average molecular weight is 517 g/mol. The summed E-state index contributed by atoms with van der Waals surface area (Å²) in [4.78, 5) is 2.29. The highest BCUT2D eigenvalue weighted by Crippen LogP contribution is 2.41. The molecule has 1 saturated heterocycles. The maximum atomic E-state index is 12.6. The molecule has 1 fully saturated rings. The van der Waals surface area contributed by atoms with Gasteiger partial charge in [-0.25, -0.2) is 0 Å². The van der Waals surface area contributed by atoms with Gasteiger partial charge >= 0.3 is 0 Å². The number of rotatable bonds is 9. The predicted molar refractivity (Wildman–Crippen MR) is 151 cm³/mol. The summed E-state index contributed by atoms with van der Waals surface area (Å²) < 4.78 is 24.3. The topological polar surface area (TPSA) is 58.7 Å². The van der Waals surface area contributed by atoms with Crippen molar-refractivity contribution < 1.29 is 18.8 Å². The molecule has 1 aliphatic heterocycles. The number of aromatic hydroxyl groups is 1. The van der Waals surface area contributed by atoms with Crippen LogP contribution in [0, 0.1) is 0 Å². The van der Waals surface area contributed by atoms with Crippen LogP contribution in [0.2, 0.25) is 0 Å². The maximum Gasteiger partial charge on any atom is 0.166 e. The highest BCUT2D eigenvalue weighted by molar-refractivity contribution is 6.00. The van der Waals surface area contributed by atoms with Crippen LogP contribution in [-0.2, 0) is 11.2 Å². The molecule has 38 heavy (non-hydrogen) atoms. The van der Waals surface area contributed by atoms with Crippen molar-refractivity contribution in [3.05, 3.63) is 82.8 Å². The molecule has 5 rings (SSSR count). The molecule has 2 aliphatic rings. The van der Waals surface area contributed by atoms with E-state index < -0.39 is 0 Å². The van der Waals surface area contributed by atoms with Gasteiger partial charge in [-0.05, 0) is 103 Å². The van der Waals surface area contributed by atoms with E-state index in [4.69, 9.17) is 9.26 Å². The number of hydrogen-bond donors (Lipinski definition) is 1. The van der Waals surface area contributed by atoms with E-state index in [9.17, 15) is 9.50 Å². The molecule has 3 aromatic rings. The minimum atomic E-state index is -0.264. The molecule has 2 aromatic carbocycles. The van der Waals surface area contributed by atoms with E-state index in [0.717, 1.165) is 74.0 Å². The molecule has 0 saturated carbocycles. The lowest BCUT2D eigenvalue weighted by Gasteiger charge is -2.18. The summed E-state index contributed by atoms with van der Waals surface area (Å²) in [5, 5.41) is 15.1. The van der Waals surface area contributed by atoms with Gasteiger partial charge in [-0.15, -0.1) is 0 Å². The molecular weight excluding hydrogens is 479 g/mol. The lowest BCUT2D eigenvalue weighted by Crippen LogP contribution is -2.24. The molecule has 6 heteroatoms. The molecular formula is C32H37FN2O3. The number of phenols is 1. The Kier molecular flexibility index (Phi) is 8.28. The SMILES string of the molecule is CC/C(=C\C=C(/C)C1=C(c2ccc3oncc3c2)CCCc2cc(O)ccc21)O[C@H]1CCN(CCCF)C1. The second-order valence-corrected chi connectivity index (χ2v) is 10.3. The smallest absolute Gasteiger partial charge is 0.166 e. The fraction of sp³-hybridized carbons (Fsp3) is 0.406. The minimum absolute atomic E-state index is 0.154. The molecule has 0 unspecified atom stereocenters. The lowest BCUT2D eigenvalue weighted by molar-refractivity contribution is 0.115. The second kappa shape index (κ2) is 12.0. The van der Waals surface area contributed by atoms with Gasteiger partial charge in [-0.3, -0.25) is 9.29 Å². The van der Waals surface area contributed by atoms with E-state index in [2.05, 4.69) is 48.2 Å². The van der Waals surface area contributed by atoms with E-state index in [1.54, 1.807) is 12.3 Å². The fourth-order valence-electron chi connectivity index (χ4n) is 5.71. The summed E-state index contributed by atoms with van der Waals surface area (Å²) in [5.74, 6) is 1.27. The number of nitrogens with zero attached hydrogens (tertiary/aromatic N) is 2. The zero-order valence-corrected chi connectivity index (χ0v) is 22.4. The van der Waals surface area contributed by atoms with Crippen LogP contribution in [0.1, 0.15) is 62.6 Å². The molecule has 2 heterocycles. The Hall–Kier alpha value is -3.38. The van der Waals surface area contributed by atoms with E-state index >= 15 is 0 Å². The Labute approximate surface area is 224 Å². The standard InChI is InChI=1S/C32H37FN2O3/c1-3-27(37-28-14-17-35(21-28)16-5-15-33)11-8-22(2)32-29(24-9-13-31-25(18-24)20-34-38-31)7-4-6-23-19-26(36)10-12-30(23)32/h8-13,18-20,28,36H,3-7,14-17,21H2,1-2H3/b22-8+,27-11+/t28-/m0/s1. The van der Waals surface area contributed by atoms with Crippen LogP contribution in [0.5, 0.6) is 5.75 Å². The summed E-state index contributed by atoms with van der Waals surface area (Å²) in [5.41, 5.74) is 7.94. The number of phenolic OH excluding ortho intramolecular Hbond substituents is 1. The van der Waals surface area contributed by atoms with Crippen molar-refractivity contribution in [3.8, 4) is 5.75 Å². The van der Waals surface area contributed by atoms with Gasteiger partial charge in [-0.1, -0.05) is 30.3 Å². The summed E-state index contributed by atoms with van der Waals surface area (Å²) >= 11 is 0. The van der Waals surface area contributed by atoms with Gasteiger partial charge in [0.05, 0.1) is 18.6 Å². The number of halogens is 1. The van der Waals surface area contributed by atoms with Crippen molar-refractivity contribution in [1.82, 2.24) is 10.1 Å². The first-order valence-corrected chi connectivity index (χ1v) is 13.8. The number of hydrogen-bond acceptors (Lipinski definition) is 5. The highest BCUT2D eigenvalue weighted by atomic mass is 19.1. The van der Waals surface area contributed by atoms with Crippen LogP contribution in [0.25, 0.3) is 22.1 Å². The van der Waals surface area contributed by atoms with E-state index in [-0.39, 0.29) is 12.8 Å². The Morgan fingerprint density at radius 3 is 2.95 bits per heavy atom. The Balaban J connectivity index is 1.49. The Bertz CT molecular complexity index is 1370. The van der Waals surface area contributed by atoms with Gasteiger partial charge in [0.15, 0.2) is 5.58 Å². The van der Waals surface area contributed by atoms with Crippen molar-refractivity contribution in [2.45, 2.75) is 58.5 Å². The zero-order chi connectivity index (χ0) is 26.5. The first-order chi connectivity index (χ1) is 18.6. The van der Waals surface area contributed by atoms with E-state index in [1.807, 2.05) is 18.2 Å². The molecule has 1 aromatic heterocycles. The molecule has 1 atom stereocenters. The number of ether oxygens (including phenoxy) is 1. The largest absolute Gasteiger partial charge is 0.508 e. The molecule has 200 valence electrons. The maximum absolute atomic E-state index is 12.6. The van der Waals surface area contributed by atoms with Gasteiger partial charge < -0.3 is 14.4 Å². The van der Waals surface area contributed by atoms with Gasteiger partial charge in [-0.2, -0.15) is 0 Å². The summed E-state index contributed by atoms with van der Waals surface area (Å²) in [6.07, 6.45) is 11.4. The van der Waals surface area contributed by atoms with Gasteiger partial charge in [0.1, 0.15) is 11.9 Å². The van der Waals surface area contributed by atoms with E-state index in [1.165, 1.54) is 27.8 Å². The number of aryl methyl sites for hydroxylation is 1. The number of allylic oxidation sites excluding steroid dienone is 6. The van der Waals surface area contributed by atoms with Crippen LogP contribution >= 0.6 is 0 Å².